The largest absolute Gasteiger partial charge is 0.481 e. The van der Waals surface area contributed by atoms with Crippen molar-refractivity contribution in [1.82, 2.24) is 9.97 Å². The van der Waals surface area contributed by atoms with Crippen LogP contribution in [0.2, 0.25) is 0 Å². The van der Waals surface area contributed by atoms with Crippen molar-refractivity contribution >= 4 is 5.69 Å². The van der Waals surface area contributed by atoms with E-state index in [0.717, 1.165) is 11.3 Å². The minimum atomic E-state index is 0.593. The summed E-state index contributed by atoms with van der Waals surface area (Å²) in [5, 5.41) is 3.28. The van der Waals surface area contributed by atoms with Crippen molar-refractivity contribution in [1.29, 1.82) is 0 Å². The molecule has 0 radical (unpaired) electrons. The molecular formula is C14H17N3O2. The molecule has 0 aliphatic rings. The van der Waals surface area contributed by atoms with Gasteiger partial charge in [0, 0.05) is 25.0 Å². The second kappa shape index (κ2) is 6.58. The predicted molar refractivity (Wildman–Crippen MR) is 73.5 cm³/mol. The first-order chi connectivity index (χ1) is 9.33. The highest BCUT2D eigenvalue weighted by molar-refractivity contribution is 5.52. The molecule has 2 rings (SSSR count). The van der Waals surface area contributed by atoms with E-state index in [1.54, 1.807) is 19.5 Å². The van der Waals surface area contributed by atoms with Gasteiger partial charge < -0.3 is 14.8 Å². The minimum absolute atomic E-state index is 0.593. The van der Waals surface area contributed by atoms with Gasteiger partial charge in [0.15, 0.2) is 0 Å². The predicted octanol–water partition coefficient (Wildman–Crippen LogP) is 2.50. The van der Waals surface area contributed by atoms with Crippen molar-refractivity contribution in [2.24, 2.45) is 0 Å². The fourth-order valence-corrected chi connectivity index (χ4v) is 1.61. The molecule has 0 bridgehead atoms. The van der Waals surface area contributed by atoms with Crippen LogP contribution < -0.4 is 14.8 Å². The molecule has 100 valence electrons. The number of nitrogens with zero attached hydrogens (tertiary/aromatic N) is 2. The molecule has 0 saturated carbocycles. The van der Waals surface area contributed by atoms with Crippen molar-refractivity contribution in [2.75, 3.05) is 19.0 Å². The quantitative estimate of drug-likeness (QED) is 0.863. The highest BCUT2D eigenvalue weighted by Gasteiger charge is 2.03. The van der Waals surface area contributed by atoms with Crippen molar-refractivity contribution in [2.45, 2.75) is 13.5 Å². The van der Waals surface area contributed by atoms with Crippen LogP contribution in [-0.2, 0) is 6.54 Å². The maximum Gasteiger partial charge on any atom is 0.237 e. The number of hydrogen-bond acceptors (Lipinski definition) is 5. The van der Waals surface area contributed by atoms with Gasteiger partial charge in [-0.1, -0.05) is 6.07 Å². The number of pyridine rings is 2. The van der Waals surface area contributed by atoms with Gasteiger partial charge in [-0.3, -0.25) is 0 Å². The zero-order chi connectivity index (χ0) is 13.5. The van der Waals surface area contributed by atoms with Crippen LogP contribution in [0.3, 0.4) is 0 Å². The molecule has 2 aromatic rings. The van der Waals surface area contributed by atoms with E-state index < -0.39 is 0 Å². The average molecular weight is 259 g/mol. The zero-order valence-electron chi connectivity index (χ0n) is 11.1. The van der Waals surface area contributed by atoms with Gasteiger partial charge in [0.05, 0.1) is 19.4 Å². The van der Waals surface area contributed by atoms with Gasteiger partial charge in [-0.2, -0.15) is 0 Å². The summed E-state index contributed by atoms with van der Waals surface area (Å²) in [6.45, 7) is 3.18. The van der Waals surface area contributed by atoms with Crippen LogP contribution in [0.5, 0.6) is 11.8 Å². The second-order valence-electron chi connectivity index (χ2n) is 3.85. The summed E-state index contributed by atoms with van der Waals surface area (Å²) in [7, 11) is 1.60. The van der Waals surface area contributed by atoms with Gasteiger partial charge in [0.2, 0.25) is 11.8 Å². The number of rotatable bonds is 6. The molecule has 19 heavy (non-hydrogen) atoms. The number of hydrogen-bond donors (Lipinski definition) is 1. The van der Waals surface area contributed by atoms with Crippen molar-refractivity contribution < 1.29 is 9.47 Å². The van der Waals surface area contributed by atoms with Crippen molar-refractivity contribution in [3.63, 3.8) is 0 Å². The molecule has 5 heteroatoms. The second-order valence-corrected chi connectivity index (χ2v) is 3.85. The van der Waals surface area contributed by atoms with Crippen LogP contribution in [0.1, 0.15) is 12.5 Å². The van der Waals surface area contributed by atoms with Crippen LogP contribution in [0.15, 0.2) is 36.7 Å². The van der Waals surface area contributed by atoms with Gasteiger partial charge in [0.1, 0.15) is 0 Å². The lowest BCUT2D eigenvalue weighted by atomic mass is 10.2. The Morgan fingerprint density at radius 1 is 1.21 bits per heavy atom. The third-order valence-corrected chi connectivity index (χ3v) is 2.54. The molecular weight excluding hydrogens is 242 g/mol. The molecule has 0 saturated heterocycles. The summed E-state index contributed by atoms with van der Waals surface area (Å²) in [6.07, 6.45) is 3.49. The molecule has 0 fully saturated rings. The molecule has 1 N–H and O–H groups in total. The molecule has 5 nitrogen and oxygen atoms in total. The van der Waals surface area contributed by atoms with Gasteiger partial charge >= 0.3 is 0 Å². The van der Waals surface area contributed by atoms with E-state index in [1.165, 1.54) is 0 Å². The Labute approximate surface area is 112 Å². The molecule has 0 aliphatic heterocycles. The summed E-state index contributed by atoms with van der Waals surface area (Å²) in [5.41, 5.74) is 1.94. The van der Waals surface area contributed by atoms with Gasteiger partial charge in [-0.15, -0.1) is 0 Å². The fourth-order valence-electron chi connectivity index (χ4n) is 1.61. The first-order valence-electron chi connectivity index (χ1n) is 6.14. The van der Waals surface area contributed by atoms with Crippen LogP contribution in [0.25, 0.3) is 0 Å². The Kier molecular flexibility index (Phi) is 4.55. The number of methoxy groups -OCH3 is 1. The topological polar surface area (TPSA) is 56.3 Å². The highest BCUT2D eigenvalue weighted by Crippen LogP contribution is 2.21. The molecule has 0 unspecified atom stereocenters. The zero-order valence-corrected chi connectivity index (χ0v) is 11.1. The Balaban J connectivity index is 2.01. The standard InChI is InChI=1S/C14H17N3O2/c1-3-19-14-12(5-4-8-15-14)16-9-11-6-7-13(18-2)17-10-11/h4-8,10,16H,3,9H2,1-2H3. The first-order valence-corrected chi connectivity index (χ1v) is 6.14. The number of nitrogens with one attached hydrogen (secondary N) is 1. The third kappa shape index (κ3) is 3.58. The summed E-state index contributed by atoms with van der Waals surface area (Å²) in [5.74, 6) is 1.23. The SMILES string of the molecule is CCOc1ncccc1NCc1ccc(OC)nc1. The first kappa shape index (κ1) is 13.1. The van der Waals surface area contributed by atoms with Crippen LogP contribution >= 0.6 is 0 Å². The molecule has 0 aromatic carbocycles. The minimum Gasteiger partial charge on any atom is -0.481 e. The van der Waals surface area contributed by atoms with Crippen LogP contribution in [0.4, 0.5) is 5.69 Å². The Morgan fingerprint density at radius 2 is 2.11 bits per heavy atom. The summed E-state index contributed by atoms with van der Waals surface area (Å²) in [6, 6.07) is 7.62. The summed E-state index contributed by atoms with van der Waals surface area (Å²) >= 11 is 0. The molecule has 0 aliphatic carbocycles. The Morgan fingerprint density at radius 3 is 2.79 bits per heavy atom. The smallest absolute Gasteiger partial charge is 0.237 e. The maximum atomic E-state index is 5.45. The van der Waals surface area contributed by atoms with E-state index in [2.05, 4.69) is 15.3 Å². The van der Waals surface area contributed by atoms with Gasteiger partial charge in [0.25, 0.3) is 0 Å². The monoisotopic (exact) mass is 259 g/mol. The Hall–Kier alpha value is -2.30. The number of ether oxygens (including phenoxy) is 2. The Bertz CT molecular complexity index is 514. The molecule has 2 heterocycles. The molecule has 2 aromatic heterocycles. The lowest BCUT2D eigenvalue weighted by Gasteiger charge is -2.11. The van der Waals surface area contributed by atoms with E-state index in [0.29, 0.717) is 24.9 Å². The molecule has 0 spiro atoms. The van der Waals surface area contributed by atoms with E-state index in [-0.39, 0.29) is 0 Å². The van der Waals surface area contributed by atoms with E-state index >= 15 is 0 Å². The molecule has 0 amide bonds. The number of anilines is 1. The van der Waals surface area contributed by atoms with Crippen LogP contribution in [0, 0.1) is 0 Å². The van der Waals surface area contributed by atoms with Crippen molar-refractivity contribution in [3.05, 3.63) is 42.2 Å². The van der Waals surface area contributed by atoms with E-state index in [4.69, 9.17) is 9.47 Å². The van der Waals surface area contributed by atoms with Gasteiger partial charge in [-0.05, 0) is 24.6 Å². The van der Waals surface area contributed by atoms with Crippen molar-refractivity contribution in [3.8, 4) is 11.8 Å². The highest BCUT2D eigenvalue weighted by atomic mass is 16.5. The molecule has 0 atom stereocenters. The average Bonchev–Trinajstić information content (AvgIpc) is 2.47. The lowest BCUT2D eigenvalue weighted by Crippen LogP contribution is -2.04. The maximum absolute atomic E-state index is 5.45. The third-order valence-electron chi connectivity index (χ3n) is 2.54. The normalized spacial score (nSPS) is 10.0. The summed E-state index contributed by atoms with van der Waals surface area (Å²) in [4.78, 5) is 8.35. The fraction of sp³-hybridized carbons (Fsp3) is 0.286. The number of aromatic nitrogens is 2. The van der Waals surface area contributed by atoms with E-state index in [9.17, 15) is 0 Å². The van der Waals surface area contributed by atoms with Crippen LogP contribution in [-0.4, -0.2) is 23.7 Å². The van der Waals surface area contributed by atoms with E-state index in [1.807, 2.05) is 31.2 Å². The lowest BCUT2D eigenvalue weighted by molar-refractivity contribution is 0.328. The van der Waals surface area contributed by atoms with Gasteiger partial charge in [-0.25, -0.2) is 9.97 Å². The summed E-state index contributed by atoms with van der Waals surface area (Å²) < 4.78 is 10.5.